The molecule has 0 heterocycles. The lowest BCUT2D eigenvalue weighted by Crippen LogP contribution is -2.23. The summed E-state index contributed by atoms with van der Waals surface area (Å²) in [7, 11) is 0. The second-order valence-corrected chi connectivity index (χ2v) is 5.42. The van der Waals surface area contributed by atoms with E-state index in [9.17, 15) is 4.79 Å². The quantitative estimate of drug-likeness (QED) is 0.761. The smallest absolute Gasteiger partial charge is 0.150 e. The summed E-state index contributed by atoms with van der Waals surface area (Å²) >= 11 is 0. The topological polar surface area (TPSA) is 26.3 Å². The molecule has 2 aromatic carbocycles. The average molecular weight is 254 g/mol. The van der Waals surface area contributed by atoms with Crippen molar-refractivity contribution in [1.82, 2.24) is 0 Å². The van der Waals surface area contributed by atoms with Crippen LogP contribution in [0, 0.1) is 0 Å². The van der Waals surface area contributed by atoms with Crippen LogP contribution >= 0.6 is 0 Å². The van der Waals surface area contributed by atoms with Crippen LogP contribution < -0.4 is 4.74 Å². The lowest BCUT2D eigenvalue weighted by Gasteiger charge is -2.23. The van der Waals surface area contributed by atoms with Gasteiger partial charge in [0.05, 0.1) is 0 Å². The lowest BCUT2D eigenvalue weighted by atomic mass is 9.99. The molecule has 0 spiro atoms. The molecule has 0 N–H and O–H groups in total. The normalized spacial score (nSPS) is 11.1. The van der Waals surface area contributed by atoms with E-state index in [4.69, 9.17) is 4.74 Å². The summed E-state index contributed by atoms with van der Waals surface area (Å²) < 4.78 is 5.97. The molecule has 0 amide bonds. The Balaban J connectivity index is 2.53. The first-order valence-electron chi connectivity index (χ1n) is 6.34. The number of carbonyl (C=O) groups is 1. The first kappa shape index (κ1) is 13.3. The Labute approximate surface area is 114 Å². The number of aldehydes is 1. The van der Waals surface area contributed by atoms with E-state index in [1.165, 1.54) is 0 Å². The van der Waals surface area contributed by atoms with Crippen LogP contribution in [0.5, 0.6) is 5.75 Å². The SMILES string of the molecule is CC(C)(C)Oc1ccccc1-c1ccccc1C=O. The average Bonchev–Trinajstić information content (AvgIpc) is 2.37. The fourth-order valence-corrected chi connectivity index (χ4v) is 1.95. The van der Waals surface area contributed by atoms with Crippen molar-refractivity contribution in [2.45, 2.75) is 26.4 Å². The van der Waals surface area contributed by atoms with E-state index in [0.717, 1.165) is 23.2 Å². The standard InChI is InChI=1S/C17H18O2/c1-17(2,3)19-16-11-7-6-10-15(16)14-9-5-4-8-13(14)12-18/h4-12H,1-3H3. The maximum atomic E-state index is 11.2. The van der Waals surface area contributed by atoms with Gasteiger partial charge in [0.15, 0.2) is 6.29 Å². The first-order valence-corrected chi connectivity index (χ1v) is 6.34. The molecule has 2 aromatic rings. The van der Waals surface area contributed by atoms with Gasteiger partial charge in [-0.05, 0) is 32.4 Å². The molecule has 0 saturated heterocycles. The summed E-state index contributed by atoms with van der Waals surface area (Å²) in [5.41, 5.74) is 2.25. The Hall–Kier alpha value is -2.09. The van der Waals surface area contributed by atoms with E-state index in [2.05, 4.69) is 0 Å². The summed E-state index contributed by atoms with van der Waals surface area (Å²) in [6.45, 7) is 6.03. The summed E-state index contributed by atoms with van der Waals surface area (Å²) in [5, 5.41) is 0. The van der Waals surface area contributed by atoms with Crippen molar-refractivity contribution in [3.8, 4) is 16.9 Å². The lowest BCUT2D eigenvalue weighted by molar-refractivity contribution is 0.112. The number of ether oxygens (including phenoxy) is 1. The number of carbonyl (C=O) groups excluding carboxylic acids is 1. The fraction of sp³-hybridized carbons (Fsp3) is 0.235. The molecule has 0 unspecified atom stereocenters. The largest absolute Gasteiger partial charge is 0.488 e. The summed E-state index contributed by atoms with van der Waals surface area (Å²) in [4.78, 5) is 11.2. The van der Waals surface area contributed by atoms with Crippen LogP contribution in [0.1, 0.15) is 31.1 Å². The third-order valence-electron chi connectivity index (χ3n) is 2.68. The molecule has 0 radical (unpaired) electrons. The van der Waals surface area contributed by atoms with Gasteiger partial charge < -0.3 is 4.74 Å². The van der Waals surface area contributed by atoms with Gasteiger partial charge in [-0.2, -0.15) is 0 Å². The van der Waals surface area contributed by atoms with E-state index in [0.29, 0.717) is 5.56 Å². The maximum absolute atomic E-state index is 11.2. The van der Waals surface area contributed by atoms with Gasteiger partial charge in [0.2, 0.25) is 0 Å². The zero-order valence-electron chi connectivity index (χ0n) is 11.5. The summed E-state index contributed by atoms with van der Waals surface area (Å²) in [6, 6.07) is 15.3. The third kappa shape index (κ3) is 3.22. The molecule has 0 fully saturated rings. The second-order valence-electron chi connectivity index (χ2n) is 5.42. The van der Waals surface area contributed by atoms with Gasteiger partial charge in [-0.25, -0.2) is 0 Å². The molecule has 0 aromatic heterocycles. The van der Waals surface area contributed by atoms with Gasteiger partial charge in [-0.3, -0.25) is 4.79 Å². The molecular weight excluding hydrogens is 236 g/mol. The molecule has 0 saturated carbocycles. The molecule has 0 bridgehead atoms. The Morgan fingerprint density at radius 3 is 2.11 bits per heavy atom. The molecule has 2 rings (SSSR count). The van der Waals surface area contributed by atoms with Gasteiger partial charge in [0.25, 0.3) is 0 Å². The number of benzene rings is 2. The number of para-hydroxylation sites is 1. The molecule has 0 aliphatic rings. The molecule has 19 heavy (non-hydrogen) atoms. The van der Waals surface area contributed by atoms with Crippen molar-refractivity contribution in [3.05, 3.63) is 54.1 Å². The Morgan fingerprint density at radius 2 is 1.47 bits per heavy atom. The van der Waals surface area contributed by atoms with Crippen LogP contribution in [-0.2, 0) is 0 Å². The van der Waals surface area contributed by atoms with Crippen molar-refractivity contribution in [2.75, 3.05) is 0 Å². The maximum Gasteiger partial charge on any atom is 0.150 e. The van der Waals surface area contributed by atoms with Crippen LogP contribution in [0.15, 0.2) is 48.5 Å². The molecule has 98 valence electrons. The van der Waals surface area contributed by atoms with E-state index in [1.54, 1.807) is 0 Å². The van der Waals surface area contributed by atoms with E-state index >= 15 is 0 Å². The molecule has 0 atom stereocenters. The van der Waals surface area contributed by atoms with Crippen LogP contribution in [0.2, 0.25) is 0 Å². The van der Waals surface area contributed by atoms with Gasteiger partial charge in [0.1, 0.15) is 11.4 Å². The highest BCUT2D eigenvalue weighted by Gasteiger charge is 2.16. The predicted molar refractivity (Wildman–Crippen MR) is 77.6 cm³/mol. The molecule has 0 aliphatic carbocycles. The molecular formula is C17H18O2. The zero-order chi connectivity index (χ0) is 13.9. The Kier molecular flexibility index (Phi) is 3.70. The highest BCUT2D eigenvalue weighted by molar-refractivity contribution is 5.89. The minimum absolute atomic E-state index is 0.272. The predicted octanol–water partition coefficient (Wildman–Crippen LogP) is 4.34. The van der Waals surface area contributed by atoms with Crippen LogP contribution in [-0.4, -0.2) is 11.9 Å². The number of rotatable bonds is 3. The first-order chi connectivity index (χ1) is 9.01. The van der Waals surface area contributed by atoms with Crippen molar-refractivity contribution in [2.24, 2.45) is 0 Å². The van der Waals surface area contributed by atoms with E-state index in [-0.39, 0.29) is 5.60 Å². The summed E-state index contributed by atoms with van der Waals surface area (Å²) in [5.74, 6) is 0.796. The molecule has 0 aliphatic heterocycles. The van der Waals surface area contributed by atoms with E-state index < -0.39 is 0 Å². The number of hydrogen-bond acceptors (Lipinski definition) is 2. The van der Waals surface area contributed by atoms with E-state index in [1.807, 2.05) is 69.3 Å². The fourth-order valence-electron chi connectivity index (χ4n) is 1.95. The minimum Gasteiger partial charge on any atom is -0.488 e. The van der Waals surface area contributed by atoms with Crippen molar-refractivity contribution < 1.29 is 9.53 Å². The van der Waals surface area contributed by atoms with Crippen LogP contribution in [0.25, 0.3) is 11.1 Å². The third-order valence-corrected chi connectivity index (χ3v) is 2.68. The summed E-state index contributed by atoms with van der Waals surface area (Å²) in [6.07, 6.45) is 0.878. The van der Waals surface area contributed by atoms with Gasteiger partial charge in [-0.15, -0.1) is 0 Å². The monoisotopic (exact) mass is 254 g/mol. The second kappa shape index (κ2) is 5.27. The van der Waals surface area contributed by atoms with Gasteiger partial charge in [-0.1, -0.05) is 42.5 Å². The molecule has 2 nitrogen and oxygen atoms in total. The van der Waals surface area contributed by atoms with Crippen LogP contribution in [0.3, 0.4) is 0 Å². The van der Waals surface area contributed by atoms with Gasteiger partial charge >= 0.3 is 0 Å². The Morgan fingerprint density at radius 1 is 0.895 bits per heavy atom. The molecule has 2 heteroatoms. The highest BCUT2D eigenvalue weighted by Crippen LogP contribution is 2.33. The van der Waals surface area contributed by atoms with Crippen LogP contribution in [0.4, 0.5) is 0 Å². The Bertz CT molecular complexity index is 580. The van der Waals surface area contributed by atoms with Gasteiger partial charge in [0, 0.05) is 11.1 Å². The highest BCUT2D eigenvalue weighted by atomic mass is 16.5. The zero-order valence-corrected chi connectivity index (χ0v) is 11.5. The van der Waals surface area contributed by atoms with Crippen molar-refractivity contribution >= 4 is 6.29 Å². The van der Waals surface area contributed by atoms with Crippen molar-refractivity contribution in [1.29, 1.82) is 0 Å². The minimum atomic E-state index is -0.272. The number of hydrogen-bond donors (Lipinski definition) is 0. The van der Waals surface area contributed by atoms with Crippen molar-refractivity contribution in [3.63, 3.8) is 0 Å².